The third kappa shape index (κ3) is 2.64. The first-order valence-corrected chi connectivity index (χ1v) is 6.71. The van der Waals surface area contributed by atoms with E-state index >= 15 is 0 Å². The van der Waals surface area contributed by atoms with Crippen LogP contribution in [0.2, 0.25) is 0 Å². The largest absolute Gasteiger partial charge is 0.477 e. The van der Waals surface area contributed by atoms with Gasteiger partial charge in [0.2, 0.25) is 5.88 Å². The molecule has 1 aromatic heterocycles. The Bertz CT molecular complexity index is 348. The first kappa shape index (κ1) is 11.6. The van der Waals surface area contributed by atoms with Gasteiger partial charge >= 0.3 is 0 Å². The fraction of sp³-hybridized carbons (Fsp3) is 0.636. The summed E-state index contributed by atoms with van der Waals surface area (Å²) < 4.78 is 5.35. The summed E-state index contributed by atoms with van der Waals surface area (Å²) in [4.78, 5) is 10.9. The molecule has 1 fully saturated rings. The lowest BCUT2D eigenvalue weighted by Gasteiger charge is -2.17. The van der Waals surface area contributed by atoms with Gasteiger partial charge in [-0.1, -0.05) is 15.9 Å². The van der Waals surface area contributed by atoms with E-state index in [1.165, 1.54) is 6.42 Å². The van der Waals surface area contributed by atoms with Crippen LogP contribution in [-0.2, 0) is 0 Å². The van der Waals surface area contributed by atoms with Crippen LogP contribution < -0.4 is 9.64 Å². The van der Waals surface area contributed by atoms with Crippen LogP contribution in [0.1, 0.15) is 13.3 Å². The second kappa shape index (κ2) is 5.48. The molecule has 1 aliphatic heterocycles. The molecule has 0 radical (unpaired) electrons. The van der Waals surface area contributed by atoms with E-state index in [4.69, 9.17) is 4.74 Å². The lowest BCUT2D eigenvalue weighted by Crippen LogP contribution is -2.21. The van der Waals surface area contributed by atoms with Crippen LogP contribution >= 0.6 is 15.9 Å². The molecule has 5 heteroatoms. The second-order valence-electron chi connectivity index (χ2n) is 3.90. The monoisotopic (exact) mass is 285 g/mol. The zero-order valence-electron chi connectivity index (χ0n) is 9.40. The molecule has 4 nitrogen and oxygen atoms in total. The fourth-order valence-corrected chi connectivity index (χ4v) is 2.40. The average molecular weight is 286 g/mol. The zero-order valence-corrected chi connectivity index (χ0v) is 11.0. The molecule has 88 valence electrons. The van der Waals surface area contributed by atoms with Crippen molar-refractivity contribution in [1.29, 1.82) is 0 Å². The molecule has 0 aliphatic carbocycles. The molecule has 0 aromatic carbocycles. The molecule has 1 aliphatic rings. The minimum absolute atomic E-state index is 0.613. The molecule has 16 heavy (non-hydrogen) atoms. The van der Waals surface area contributed by atoms with Gasteiger partial charge in [0.25, 0.3) is 0 Å². The van der Waals surface area contributed by atoms with E-state index in [0.29, 0.717) is 12.5 Å². The molecule has 0 amide bonds. The number of hydrogen-bond acceptors (Lipinski definition) is 4. The average Bonchev–Trinajstić information content (AvgIpc) is 2.78. The zero-order chi connectivity index (χ0) is 11.4. The summed E-state index contributed by atoms with van der Waals surface area (Å²) in [5, 5.41) is 1.06. The first-order valence-electron chi connectivity index (χ1n) is 5.59. The number of anilines is 1. The Labute approximate surface area is 104 Å². The second-order valence-corrected chi connectivity index (χ2v) is 4.55. The summed E-state index contributed by atoms with van der Waals surface area (Å²) in [5.41, 5.74) is 0. The highest BCUT2D eigenvalue weighted by atomic mass is 79.9. The standard InChI is InChI=1S/C11H16BrN3O/c1-2-16-11-7-13-6-10(14-11)15-4-3-9(5-12)8-15/h6-7,9H,2-5,8H2,1H3. The number of alkyl halides is 1. The third-order valence-corrected chi connectivity index (χ3v) is 3.64. The quantitative estimate of drug-likeness (QED) is 0.794. The molecule has 0 N–H and O–H groups in total. The summed E-state index contributed by atoms with van der Waals surface area (Å²) in [6.45, 7) is 4.68. The highest BCUT2D eigenvalue weighted by Gasteiger charge is 2.22. The van der Waals surface area contributed by atoms with E-state index in [0.717, 1.165) is 30.2 Å². The number of hydrogen-bond donors (Lipinski definition) is 0. The van der Waals surface area contributed by atoms with Crippen LogP contribution in [0.25, 0.3) is 0 Å². The maximum atomic E-state index is 5.35. The molecule has 2 heterocycles. The number of ether oxygens (including phenoxy) is 1. The van der Waals surface area contributed by atoms with Gasteiger partial charge in [0.15, 0.2) is 5.82 Å². The SMILES string of the molecule is CCOc1cncc(N2CCC(CBr)C2)n1. The van der Waals surface area contributed by atoms with E-state index < -0.39 is 0 Å². The van der Waals surface area contributed by atoms with Crippen molar-refractivity contribution in [3.05, 3.63) is 12.4 Å². The fourth-order valence-electron chi connectivity index (χ4n) is 1.87. The summed E-state index contributed by atoms with van der Waals surface area (Å²) >= 11 is 3.53. The lowest BCUT2D eigenvalue weighted by atomic mass is 10.2. The molecular formula is C11H16BrN3O. The molecule has 1 aromatic rings. The van der Waals surface area contributed by atoms with E-state index in [9.17, 15) is 0 Å². The Morgan fingerprint density at radius 3 is 3.12 bits per heavy atom. The van der Waals surface area contributed by atoms with Crippen molar-refractivity contribution in [3.63, 3.8) is 0 Å². The smallest absolute Gasteiger partial charge is 0.234 e. The van der Waals surface area contributed by atoms with Crippen LogP contribution in [0, 0.1) is 5.92 Å². The minimum Gasteiger partial charge on any atom is -0.477 e. The van der Waals surface area contributed by atoms with Crippen molar-refractivity contribution in [3.8, 4) is 5.88 Å². The highest BCUT2D eigenvalue weighted by molar-refractivity contribution is 9.09. The molecule has 0 bridgehead atoms. The Morgan fingerprint density at radius 2 is 2.44 bits per heavy atom. The van der Waals surface area contributed by atoms with Gasteiger partial charge in [-0.15, -0.1) is 0 Å². The van der Waals surface area contributed by atoms with Crippen molar-refractivity contribution < 1.29 is 4.74 Å². The molecule has 0 saturated carbocycles. The normalized spacial score (nSPS) is 20.1. The van der Waals surface area contributed by atoms with Crippen LogP contribution in [0.15, 0.2) is 12.4 Å². The van der Waals surface area contributed by atoms with E-state index in [1.54, 1.807) is 12.4 Å². The molecule has 1 atom stereocenters. The van der Waals surface area contributed by atoms with Crippen LogP contribution in [0.3, 0.4) is 0 Å². The van der Waals surface area contributed by atoms with E-state index in [1.807, 2.05) is 6.92 Å². The summed E-state index contributed by atoms with van der Waals surface area (Å²) in [7, 11) is 0. The van der Waals surface area contributed by atoms with Gasteiger partial charge in [0.05, 0.1) is 19.0 Å². The Kier molecular flexibility index (Phi) is 3.98. The van der Waals surface area contributed by atoms with Gasteiger partial charge in [0, 0.05) is 18.4 Å². The van der Waals surface area contributed by atoms with Crippen molar-refractivity contribution in [2.75, 3.05) is 29.9 Å². The van der Waals surface area contributed by atoms with Crippen LogP contribution in [0.4, 0.5) is 5.82 Å². The first-order chi connectivity index (χ1) is 7.83. The number of nitrogens with zero attached hydrogens (tertiary/aromatic N) is 3. The maximum absolute atomic E-state index is 5.35. The number of aromatic nitrogens is 2. The van der Waals surface area contributed by atoms with Gasteiger partial charge in [-0.25, -0.2) is 0 Å². The Balaban J connectivity index is 2.06. The van der Waals surface area contributed by atoms with Gasteiger partial charge in [0.1, 0.15) is 0 Å². The predicted octanol–water partition coefficient (Wildman–Crippen LogP) is 2.10. The van der Waals surface area contributed by atoms with Crippen molar-refractivity contribution in [2.24, 2.45) is 5.92 Å². The van der Waals surface area contributed by atoms with Crippen molar-refractivity contribution in [2.45, 2.75) is 13.3 Å². The van der Waals surface area contributed by atoms with Crippen molar-refractivity contribution in [1.82, 2.24) is 9.97 Å². The third-order valence-electron chi connectivity index (χ3n) is 2.72. The number of halogens is 1. The lowest BCUT2D eigenvalue weighted by molar-refractivity contribution is 0.325. The van der Waals surface area contributed by atoms with Gasteiger partial charge in [-0.2, -0.15) is 4.98 Å². The Hall–Kier alpha value is -0.840. The summed E-state index contributed by atoms with van der Waals surface area (Å²) in [6, 6.07) is 0. The summed E-state index contributed by atoms with van der Waals surface area (Å²) in [5.74, 6) is 2.26. The van der Waals surface area contributed by atoms with E-state index in [2.05, 4.69) is 30.8 Å². The molecule has 2 rings (SSSR count). The molecule has 1 unspecified atom stereocenters. The van der Waals surface area contributed by atoms with Crippen LogP contribution in [0.5, 0.6) is 5.88 Å². The van der Waals surface area contributed by atoms with Gasteiger partial charge in [-0.05, 0) is 19.3 Å². The van der Waals surface area contributed by atoms with Crippen LogP contribution in [-0.4, -0.2) is 35.0 Å². The van der Waals surface area contributed by atoms with E-state index in [-0.39, 0.29) is 0 Å². The molecular weight excluding hydrogens is 270 g/mol. The van der Waals surface area contributed by atoms with Crippen molar-refractivity contribution >= 4 is 21.7 Å². The topological polar surface area (TPSA) is 38.2 Å². The minimum atomic E-state index is 0.613. The molecule has 1 saturated heterocycles. The number of rotatable bonds is 4. The van der Waals surface area contributed by atoms with Gasteiger partial charge in [-0.3, -0.25) is 4.98 Å². The predicted molar refractivity (Wildman–Crippen MR) is 67.3 cm³/mol. The highest BCUT2D eigenvalue weighted by Crippen LogP contribution is 2.23. The van der Waals surface area contributed by atoms with Gasteiger partial charge < -0.3 is 9.64 Å². The summed E-state index contributed by atoms with van der Waals surface area (Å²) in [6.07, 6.45) is 4.68. The maximum Gasteiger partial charge on any atom is 0.234 e. The molecule has 0 spiro atoms. The Morgan fingerprint density at radius 1 is 1.56 bits per heavy atom.